The molecule has 260 valence electrons. The molecule has 0 spiro atoms. The molecule has 0 aromatic heterocycles. The fraction of sp³-hybridized carbons (Fsp3) is 0.324. The highest BCUT2D eigenvalue weighted by atomic mass is 32.2. The zero-order chi connectivity index (χ0) is 35.2. The van der Waals surface area contributed by atoms with Gasteiger partial charge in [-0.3, -0.25) is 14.4 Å². The Morgan fingerprint density at radius 3 is 2.43 bits per heavy atom. The SMILES string of the molecule is CCNC(=O)COc1ccc(CCNC(=O)N/N=C/[C@H](CC)NC(=O)c2ccc(CNS(=O)(=O)c3ccc4c(c3)C(=O)CCO4)cc2)cc1. The first-order valence-electron chi connectivity index (χ1n) is 15.8. The van der Waals surface area contributed by atoms with E-state index in [2.05, 4.69) is 31.2 Å². The molecule has 0 bridgehead atoms. The number of Topliss-reactive ketones (excluding diaryl/α,β-unsaturated/α-hetero) is 1. The number of nitrogens with zero attached hydrogens (tertiary/aromatic N) is 1. The summed E-state index contributed by atoms with van der Waals surface area (Å²) in [6.45, 7) is 4.78. The number of carbonyl (C=O) groups excluding carboxylic acids is 4. The second kappa shape index (κ2) is 17.8. The normalized spacial score (nSPS) is 13.1. The highest BCUT2D eigenvalue weighted by Gasteiger charge is 2.23. The summed E-state index contributed by atoms with van der Waals surface area (Å²) in [5.41, 5.74) is 4.59. The van der Waals surface area contributed by atoms with Crippen molar-refractivity contribution in [2.45, 2.75) is 50.6 Å². The molecule has 0 radical (unpaired) electrons. The lowest BCUT2D eigenvalue weighted by atomic mass is 10.1. The van der Waals surface area contributed by atoms with Crippen molar-refractivity contribution in [3.8, 4) is 11.5 Å². The van der Waals surface area contributed by atoms with E-state index < -0.39 is 22.1 Å². The van der Waals surface area contributed by atoms with Crippen molar-refractivity contribution < 1.29 is 37.1 Å². The van der Waals surface area contributed by atoms with Gasteiger partial charge in [0, 0.05) is 37.8 Å². The molecule has 0 unspecified atom stereocenters. The number of hydrogen-bond acceptors (Lipinski definition) is 9. The third-order valence-corrected chi connectivity index (χ3v) is 8.77. The van der Waals surface area contributed by atoms with Crippen LogP contribution in [0.5, 0.6) is 11.5 Å². The van der Waals surface area contributed by atoms with E-state index in [0.29, 0.717) is 48.6 Å². The number of hydrazone groups is 1. The van der Waals surface area contributed by atoms with E-state index >= 15 is 0 Å². The van der Waals surface area contributed by atoms with E-state index in [-0.39, 0.29) is 54.2 Å². The largest absolute Gasteiger partial charge is 0.492 e. The molecule has 15 heteroatoms. The van der Waals surface area contributed by atoms with E-state index in [9.17, 15) is 27.6 Å². The molecular weight excluding hydrogens is 652 g/mol. The van der Waals surface area contributed by atoms with Gasteiger partial charge in [-0.2, -0.15) is 5.10 Å². The van der Waals surface area contributed by atoms with E-state index in [4.69, 9.17) is 9.47 Å². The predicted molar refractivity (Wildman–Crippen MR) is 182 cm³/mol. The molecule has 1 atom stereocenters. The van der Waals surface area contributed by atoms with Gasteiger partial charge in [0.25, 0.3) is 11.8 Å². The number of benzene rings is 3. The fourth-order valence-electron chi connectivity index (χ4n) is 4.64. The van der Waals surface area contributed by atoms with Crippen molar-refractivity contribution in [2.75, 3.05) is 26.3 Å². The average molecular weight is 693 g/mol. The summed E-state index contributed by atoms with van der Waals surface area (Å²) in [5.74, 6) is 0.225. The molecule has 5 N–H and O–H groups in total. The lowest BCUT2D eigenvalue weighted by Crippen LogP contribution is -2.37. The quantitative estimate of drug-likeness (QED) is 0.112. The van der Waals surface area contributed by atoms with Crippen LogP contribution in [0.2, 0.25) is 0 Å². The van der Waals surface area contributed by atoms with Crippen molar-refractivity contribution in [1.82, 2.24) is 26.1 Å². The van der Waals surface area contributed by atoms with Crippen molar-refractivity contribution in [1.29, 1.82) is 0 Å². The summed E-state index contributed by atoms with van der Waals surface area (Å²) < 4.78 is 39.0. The van der Waals surface area contributed by atoms with Crippen LogP contribution in [-0.4, -0.2) is 70.6 Å². The Bertz CT molecular complexity index is 1760. The Morgan fingerprint density at radius 2 is 1.71 bits per heavy atom. The van der Waals surface area contributed by atoms with E-state index in [1.165, 1.54) is 24.4 Å². The molecule has 3 aromatic rings. The number of fused-ring (bicyclic) bond motifs is 1. The number of ether oxygens (including phenoxy) is 2. The number of amides is 4. The number of rotatable bonds is 16. The number of ketones is 1. The van der Waals surface area contributed by atoms with Crippen LogP contribution in [0.4, 0.5) is 4.79 Å². The van der Waals surface area contributed by atoms with Gasteiger partial charge < -0.3 is 25.4 Å². The maximum absolute atomic E-state index is 12.8. The number of nitrogens with one attached hydrogen (secondary N) is 5. The summed E-state index contributed by atoms with van der Waals surface area (Å²) >= 11 is 0. The predicted octanol–water partition coefficient (Wildman–Crippen LogP) is 2.68. The highest BCUT2D eigenvalue weighted by molar-refractivity contribution is 7.89. The summed E-state index contributed by atoms with van der Waals surface area (Å²) in [7, 11) is -3.90. The van der Waals surface area contributed by atoms with Crippen LogP contribution < -0.4 is 35.6 Å². The first kappa shape index (κ1) is 36.6. The maximum atomic E-state index is 12.8. The minimum atomic E-state index is -3.90. The fourth-order valence-corrected chi connectivity index (χ4v) is 5.68. The van der Waals surface area contributed by atoms with Gasteiger partial charge in [0.2, 0.25) is 10.0 Å². The third-order valence-electron chi connectivity index (χ3n) is 7.37. The molecule has 0 aliphatic carbocycles. The first-order chi connectivity index (χ1) is 23.6. The zero-order valence-corrected chi connectivity index (χ0v) is 28.1. The van der Waals surface area contributed by atoms with Crippen molar-refractivity contribution in [3.63, 3.8) is 0 Å². The lowest BCUT2D eigenvalue weighted by Gasteiger charge is -2.17. The minimum absolute atomic E-state index is 0.0224. The molecule has 1 heterocycles. The van der Waals surface area contributed by atoms with Gasteiger partial charge in [-0.1, -0.05) is 31.2 Å². The molecule has 4 amide bonds. The van der Waals surface area contributed by atoms with Crippen LogP contribution in [0.3, 0.4) is 0 Å². The molecule has 0 fully saturated rings. The van der Waals surface area contributed by atoms with Gasteiger partial charge >= 0.3 is 6.03 Å². The molecule has 3 aromatic carbocycles. The van der Waals surface area contributed by atoms with E-state index in [1.54, 1.807) is 36.4 Å². The Kier molecular flexibility index (Phi) is 13.2. The lowest BCUT2D eigenvalue weighted by molar-refractivity contribution is -0.122. The van der Waals surface area contributed by atoms with Crippen LogP contribution in [0.25, 0.3) is 0 Å². The van der Waals surface area contributed by atoms with Crippen LogP contribution in [0.1, 0.15) is 58.5 Å². The number of hydrogen-bond donors (Lipinski definition) is 5. The topological polar surface area (TPSA) is 193 Å². The molecule has 49 heavy (non-hydrogen) atoms. The second-order valence-electron chi connectivity index (χ2n) is 11.0. The Labute approximate surface area is 285 Å². The highest BCUT2D eigenvalue weighted by Crippen LogP contribution is 2.27. The molecular formula is C34H40N6O8S. The van der Waals surface area contributed by atoms with Gasteiger partial charge in [-0.15, -0.1) is 0 Å². The molecule has 0 saturated heterocycles. The smallest absolute Gasteiger partial charge is 0.335 e. The number of likely N-dealkylation sites (N-methyl/N-ethyl adjacent to an activating group) is 1. The third kappa shape index (κ3) is 11.1. The maximum Gasteiger partial charge on any atom is 0.335 e. The first-order valence-corrected chi connectivity index (χ1v) is 17.3. The summed E-state index contributed by atoms with van der Waals surface area (Å²) in [6, 6.07) is 16.9. The van der Waals surface area contributed by atoms with Crippen LogP contribution in [0.15, 0.2) is 76.7 Å². The molecule has 4 rings (SSSR count). The van der Waals surface area contributed by atoms with Gasteiger partial charge in [0.05, 0.1) is 23.1 Å². The average Bonchev–Trinajstić information content (AvgIpc) is 3.10. The Balaban J connectivity index is 1.17. The van der Waals surface area contributed by atoms with Crippen LogP contribution >= 0.6 is 0 Å². The van der Waals surface area contributed by atoms with Crippen LogP contribution in [-0.2, 0) is 27.8 Å². The minimum Gasteiger partial charge on any atom is -0.492 e. The van der Waals surface area contributed by atoms with Crippen molar-refractivity contribution in [2.24, 2.45) is 5.10 Å². The monoisotopic (exact) mass is 692 g/mol. The Morgan fingerprint density at radius 1 is 0.980 bits per heavy atom. The van der Waals surface area contributed by atoms with Crippen molar-refractivity contribution in [3.05, 3.63) is 89.0 Å². The van der Waals surface area contributed by atoms with E-state index in [1.807, 2.05) is 26.0 Å². The number of carbonyl (C=O) groups is 4. The number of urea groups is 1. The van der Waals surface area contributed by atoms with Crippen LogP contribution in [0, 0.1) is 0 Å². The molecule has 14 nitrogen and oxygen atoms in total. The van der Waals surface area contributed by atoms with Gasteiger partial charge in [0.15, 0.2) is 12.4 Å². The summed E-state index contributed by atoms with van der Waals surface area (Å²) in [4.78, 5) is 48.6. The Hall–Kier alpha value is -5.28. The molecule has 0 saturated carbocycles. The van der Waals surface area contributed by atoms with Gasteiger partial charge in [-0.05, 0) is 73.4 Å². The van der Waals surface area contributed by atoms with E-state index in [0.717, 1.165) is 5.56 Å². The molecule has 1 aliphatic rings. The summed E-state index contributed by atoms with van der Waals surface area (Å²) in [5, 5.41) is 12.1. The standard InChI is InChI=1S/C34H40N6O8S/c1-3-26(21-37-40-34(44)36-17-15-23-7-11-27(12-8-23)48-22-32(42)35-4-2)39-33(43)25-9-5-24(6-10-25)20-38-49(45,46)28-13-14-31-29(19-28)30(41)16-18-47-31/h5-14,19,21,26,38H,3-4,15-18,20,22H2,1-2H3,(H,35,42)(H,39,43)(H2,36,40,44)/b37-21+/t26-/m0/s1. The van der Waals surface area contributed by atoms with Gasteiger partial charge in [0.1, 0.15) is 11.5 Å². The number of sulfonamides is 1. The van der Waals surface area contributed by atoms with Gasteiger partial charge in [-0.25, -0.2) is 23.4 Å². The molecule has 1 aliphatic heterocycles. The second-order valence-corrected chi connectivity index (χ2v) is 12.7. The zero-order valence-electron chi connectivity index (χ0n) is 27.3. The summed E-state index contributed by atoms with van der Waals surface area (Å²) in [6.07, 6.45) is 2.71. The van der Waals surface area contributed by atoms with Crippen molar-refractivity contribution >= 4 is 39.9 Å².